The van der Waals surface area contributed by atoms with E-state index < -0.39 is 5.54 Å². The molecule has 1 unspecified atom stereocenters. The van der Waals surface area contributed by atoms with Gasteiger partial charge in [-0.15, -0.1) is 0 Å². The number of carbonyl (C=O) groups is 2. The molecule has 2 aromatic rings. The number of hydrogen-bond donors (Lipinski definition) is 1. The lowest BCUT2D eigenvalue weighted by Gasteiger charge is -2.32. The van der Waals surface area contributed by atoms with Gasteiger partial charge in [-0.25, -0.2) is 14.2 Å². The topological polar surface area (TPSA) is 77.5 Å². The van der Waals surface area contributed by atoms with Crippen LogP contribution in [0.25, 0.3) is 0 Å². The Hall–Kier alpha value is -3.30. The van der Waals surface area contributed by atoms with Crippen molar-refractivity contribution in [3.05, 3.63) is 71.5 Å². The molecule has 4 rings (SSSR count). The summed E-state index contributed by atoms with van der Waals surface area (Å²) < 4.78 is 20.0. The van der Waals surface area contributed by atoms with Crippen LogP contribution in [-0.2, 0) is 9.53 Å². The Morgan fingerprint density at radius 3 is 2.43 bits per heavy atom. The number of hydrazone groups is 1. The third kappa shape index (κ3) is 7.14. The van der Waals surface area contributed by atoms with Crippen molar-refractivity contribution in [1.82, 2.24) is 20.1 Å². The minimum atomic E-state index is -0.451. The summed E-state index contributed by atoms with van der Waals surface area (Å²) in [5.74, 6) is -0.690. The molecule has 1 fully saturated rings. The van der Waals surface area contributed by atoms with Crippen molar-refractivity contribution in [3.63, 3.8) is 0 Å². The average Bonchev–Trinajstić information content (AvgIpc) is 3.32. The van der Waals surface area contributed by atoms with Crippen molar-refractivity contribution in [2.75, 3.05) is 45.9 Å². The summed E-state index contributed by atoms with van der Waals surface area (Å²) in [6.45, 7) is 9.52. The van der Waals surface area contributed by atoms with Crippen LogP contribution in [0, 0.1) is 5.82 Å². The number of nitrogens with one attached hydrogen (secondary N) is 1. The quantitative estimate of drug-likeness (QED) is 0.618. The minimum absolute atomic E-state index is 0.135. The second-order valence-electron chi connectivity index (χ2n) is 10.5. The molecule has 1 atom stereocenters. The first-order valence-corrected chi connectivity index (χ1v) is 12.8. The van der Waals surface area contributed by atoms with Crippen molar-refractivity contribution < 1.29 is 18.7 Å². The van der Waals surface area contributed by atoms with E-state index in [1.807, 2.05) is 51.1 Å². The maximum absolute atomic E-state index is 14.6. The maximum Gasteiger partial charge on any atom is 0.318 e. The fourth-order valence-electron chi connectivity index (χ4n) is 4.51. The molecule has 0 saturated carbocycles. The highest BCUT2D eigenvalue weighted by Gasteiger charge is 2.35. The number of carbonyl (C=O) groups excluding carboxylic acids is 2. The number of ether oxygens (including phenoxy) is 1. The van der Waals surface area contributed by atoms with Gasteiger partial charge >= 0.3 is 6.03 Å². The van der Waals surface area contributed by atoms with Crippen LogP contribution in [0.1, 0.15) is 44.4 Å². The fourth-order valence-corrected chi connectivity index (χ4v) is 4.51. The Labute approximate surface area is 218 Å². The standard InChI is InChI=1S/C28H36FN5O3/c1-28(2,3)30-27(36)33(14-13-32-15-17-37-18-16-32)20-26(35)34-25(21-9-5-4-6-10-21)19-24(31-34)22-11-7-8-12-23(22)29/h4-12,25H,13-20H2,1-3H3,(H,30,36). The van der Waals surface area contributed by atoms with E-state index in [0.717, 1.165) is 18.7 Å². The van der Waals surface area contributed by atoms with Gasteiger partial charge in [-0.2, -0.15) is 5.10 Å². The first kappa shape index (κ1) is 26.8. The van der Waals surface area contributed by atoms with Crippen LogP contribution in [0.4, 0.5) is 9.18 Å². The molecule has 198 valence electrons. The van der Waals surface area contributed by atoms with Crippen LogP contribution in [-0.4, -0.2) is 83.9 Å². The van der Waals surface area contributed by atoms with E-state index >= 15 is 0 Å². The molecule has 1 N–H and O–H groups in total. The van der Waals surface area contributed by atoms with Crippen molar-refractivity contribution in [1.29, 1.82) is 0 Å². The summed E-state index contributed by atoms with van der Waals surface area (Å²) in [4.78, 5) is 30.6. The molecular weight excluding hydrogens is 473 g/mol. The summed E-state index contributed by atoms with van der Waals surface area (Å²) in [5, 5.41) is 8.98. The lowest BCUT2D eigenvalue weighted by Crippen LogP contribution is -2.53. The summed E-state index contributed by atoms with van der Waals surface area (Å²) in [6, 6.07) is 15.4. The summed E-state index contributed by atoms with van der Waals surface area (Å²) >= 11 is 0. The Kier molecular flexibility index (Phi) is 8.56. The lowest BCUT2D eigenvalue weighted by molar-refractivity contribution is -0.133. The predicted octanol–water partition coefficient (Wildman–Crippen LogP) is 3.65. The van der Waals surface area contributed by atoms with Gasteiger partial charge in [0, 0.05) is 43.7 Å². The number of halogens is 1. The van der Waals surface area contributed by atoms with E-state index in [1.165, 1.54) is 11.1 Å². The zero-order valence-corrected chi connectivity index (χ0v) is 21.8. The second kappa shape index (κ2) is 11.8. The fraction of sp³-hybridized carbons (Fsp3) is 0.464. The molecule has 8 nitrogen and oxygen atoms in total. The number of morpholine rings is 1. The van der Waals surface area contributed by atoms with Crippen LogP contribution in [0.15, 0.2) is 59.7 Å². The molecule has 9 heteroatoms. The monoisotopic (exact) mass is 509 g/mol. The second-order valence-corrected chi connectivity index (χ2v) is 10.5. The first-order chi connectivity index (χ1) is 17.7. The van der Waals surface area contributed by atoms with Crippen LogP contribution in [0.2, 0.25) is 0 Å². The molecule has 2 heterocycles. The number of hydrogen-bond acceptors (Lipinski definition) is 5. The van der Waals surface area contributed by atoms with Crippen molar-refractivity contribution in [2.45, 2.75) is 38.8 Å². The van der Waals surface area contributed by atoms with Gasteiger partial charge in [-0.1, -0.05) is 48.5 Å². The number of amides is 3. The van der Waals surface area contributed by atoms with Gasteiger partial charge in [0.2, 0.25) is 0 Å². The largest absolute Gasteiger partial charge is 0.379 e. The molecule has 0 radical (unpaired) electrons. The average molecular weight is 510 g/mol. The Morgan fingerprint density at radius 1 is 1.08 bits per heavy atom. The van der Waals surface area contributed by atoms with Crippen LogP contribution in [0.3, 0.4) is 0 Å². The van der Waals surface area contributed by atoms with E-state index in [2.05, 4.69) is 15.3 Å². The van der Waals surface area contributed by atoms with Crippen LogP contribution in [0.5, 0.6) is 0 Å². The third-order valence-electron chi connectivity index (χ3n) is 6.42. The van der Waals surface area contributed by atoms with Gasteiger partial charge in [-0.05, 0) is 32.4 Å². The highest BCUT2D eigenvalue weighted by atomic mass is 19.1. The summed E-state index contributed by atoms with van der Waals surface area (Å²) in [6.07, 6.45) is 0.388. The zero-order chi connectivity index (χ0) is 26.4. The van der Waals surface area contributed by atoms with Crippen molar-refractivity contribution in [3.8, 4) is 0 Å². The number of benzene rings is 2. The normalized spacial score (nSPS) is 18.4. The van der Waals surface area contributed by atoms with Crippen molar-refractivity contribution in [2.24, 2.45) is 5.10 Å². The van der Waals surface area contributed by atoms with E-state index in [4.69, 9.17) is 4.74 Å². The van der Waals surface area contributed by atoms with Crippen LogP contribution >= 0.6 is 0 Å². The highest BCUT2D eigenvalue weighted by molar-refractivity contribution is 6.03. The molecule has 0 aromatic heterocycles. The van der Waals surface area contributed by atoms with E-state index in [1.54, 1.807) is 23.1 Å². The molecule has 0 bridgehead atoms. The van der Waals surface area contributed by atoms with E-state index in [-0.39, 0.29) is 30.3 Å². The van der Waals surface area contributed by atoms with Gasteiger partial charge in [0.1, 0.15) is 12.4 Å². The number of nitrogens with zero attached hydrogens (tertiary/aromatic N) is 4. The minimum Gasteiger partial charge on any atom is -0.379 e. The molecule has 37 heavy (non-hydrogen) atoms. The SMILES string of the molecule is CC(C)(C)NC(=O)N(CCN1CCOCC1)CC(=O)N1N=C(c2ccccc2F)CC1c1ccccc1. The lowest BCUT2D eigenvalue weighted by atomic mass is 9.98. The van der Waals surface area contributed by atoms with Crippen molar-refractivity contribution >= 4 is 17.6 Å². The van der Waals surface area contributed by atoms with E-state index in [0.29, 0.717) is 44.0 Å². The van der Waals surface area contributed by atoms with E-state index in [9.17, 15) is 14.0 Å². The smallest absolute Gasteiger partial charge is 0.318 e. The molecule has 3 amide bonds. The molecule has 2 aromatic carbocycles. The predicted molar refractivity (Wildman–Crippen MR) is 141 cm³/mol. The highest BCUT2D eigenvalue weighted by Crippen LogP contribution is 2.33. The summed E-state index contributed by atoms with van der Waals surface area (Å²) in [5.41, 5.74) is 1.35. The van der Waals surface area contributed by atoms with Gasteiger partial charge in [0.15, 0.2) is 0 Å². The molecular formula is C28H36FN5O3. The third-order valence-corrected chi connectivity index (χ3v) is 6.42. The number of urea groups is 1. The molecule has 0 aliphatic carbocycles. The molecule has 0 spiro atoms. The Morgan fingerprint density at radius 2 is 1.76 bits per heavy atom. The molecule has 2 aliphatic rings. The van der Waals surface area contributed by atoms with Gasteiger partial charge in [0.25, 0.3) is 5.91 Å². The van der Waals surface area contributed by atoms with Gasteiger partial charge in [-0.3, -0.25) is 9.69 Å². The number of rotatable bonds is 7. The molecule has 1 saturated heterocycles. The van der Waals surface area contributed by atoms with Gasteiger partial charge in [0.05, 0.1) is 25.0 Å². The van der Waals surface area contributed by atoms with Crippen LogP contribution < -0.4 is 5.32 Å². The first-order valence-electron chi connectivity index (χ1n) is 12.8. The van der Waals surface area contributed by atoms with Gasteiger partial charge < -0.3 is 15.0 Å². The zero-order valence-electron chi connectivity index (χ0n) is 21.8. The Bertz CT molecular complexity index is 1110. The Balaban J connectivity index is 1.56. The molecule has 2 aliphatic heterocycles. The summed E-state index contributed by atoms with van der Waals surface area (Å²) in [7, 11) is 0. The maximum atomic E-state index is 14.6.